The summed E-state index contributed by atoms with van der Waals surface area (Å²) >= 11 is 0. The molecule has 0 saturated carbocycles. The topological polar surface area (TPSA) is 22.1 Å². The van der Waals surface area contributed by atoms with Gasteiger partial charge in [-0.2, -0.15) is 0 Å². The zero-order valence-electron chi connectivity index (χ0n) is 12.6. The quantitative estimate of drug-likeness (QED) is 0.694. The second kappa shape index (κ2) is 6.54. The lowest BCUT2D eigenvalue weighted by molar-refractivity contribution is 0.0215. The minimum Gasteiger partial charge on any atom is -0.361 e. The molecule has 0 radical (unpaired) electrons. The fourth-order valence-corrected chi connectivity index (χ4v) is 2.90. The first-order valence-corrected chi connectivity index (χ1v) is 7.53. The Balaban J connectivity index is 2.29. The van der Waals surface area contributed by atoms with E-state index in [0.29, 0.717) is 6.61 Å². The lowest BCUT2D eigenvalue weighted by Gasteiger charge is -2.35. The predicted molar refractivity (Wildman–Crippen MR) is 88.6 cm³/mol. The highest BCUT2D eigenvalue weighted by Crippen LogP contribution is 2.39. The summed E-state index contributed by atoms with van der Waals surface area (Å²) in [5, 5.41) is 0. The molecule has 0 spiro atoms. The molecule has 0 bridgehead atoms. The van der Waals surface area contributed by atoms with Crippen LogP contribution in [0, 0.1) is 0 Å². The smallest absolute Gasteiger partial charge is 0.143 e. The van der Waals surface area contributed by atoms with Crippen molar-refractivity contribution in [3.8, 4) is 0 Å². The number of benzene rings is 2. The molecular weight excluding hydrogens is 270 g/mol. The van der Waals surface area contributed by atoms with Crippen LogP contribution < -0.4 is 0 Å². The van der Waals surface area contributed by atoms with Crippen LogP contribution in [0.3, 0.4) is 0 Å². The van der Waals surface area contributed by atoms with Crippen LogP contribution in [-0.4, -0.2) is 11.6 Å². The molecule has 2 aromatic carbocycles. The molecule has 3 rings (SSSR count). The van der Waals surface area contributed by atoms with Gasteiger partial charge in [-0.25, -0.2) is 0 Å². The Bertz CT molecular complexity index is 599. The summed E-state index contributed by atoms with van der Waals surface area (Å²) in [6.45, 7) is 2.65. The first-order chi connectivity index (χ1) is 10.9. The standard InChI is InChI=1S/C20H19NO/c1-2-22-20(17-9-5-3-6-10-17,18-11-7-4-8-12-18)19-13-15-21-16-14-19/h3-16H,2H2,1H3. The maximum atomic E-state index is 6.36. The maximum absolute atomic E-state index is 6.36. The van der Waals surface area contributed by atoms with Gasteiger partial charge in [0.2, 0.25) is 0 Å². The molecule has 0 aliphatic rings. The molecule has 3 aromatic rings. The molecular formula is C20H19NO. The van der Waals surface area contributed by atoms with E-state index in [1.165, 1.54) is 0 Å². The van der Waals surface area contributed by atoms with E-state index in [4.69, 9.17) is 4.74 Å². The molecule has 0 atom stereocenters. The van der Waals surface area contributed by atoms with Crippen molar-refractivity contribution in [2.75, 3.05) is 6.61 Å². The Labute approximate surface area is 131 Å². The van der Waals surface area contributed by atoms with Gasteiger partial charge in [-0.15, -0.1) is 0 Å². The highest BCUT2D eigenvalue weighted by Gasteiger charge is 2.36. The highest BCUT2D eigenvalue weighted by molar-refractivity contribution is 5.46. The van der Waals surface area contributed by atoms with Crippen LogP contribution in [0.25, 0.3) is 0 Å². The number of ether oxygens (including phenoxy) is 1. The second-order valence-electron chi connectivity index (χ2n) is 5.08. The molecule has 22 heavy (non-hydrogen) atoms. The maximum Gasteiger partial charge on any atom is 0.143 e. The molecule has 0 aliphatic carbocycles. The van der Waals surface area contributed by atoms with Gasteiger partial charge in [-0.1, -0.05) is 60.7 Å². The molecule has 2 heteroatoms. The van der Waals surface area contributed by atoms with Crippen molar-refractivity contribution in [1.82, 2.24) is 4.98 Å². The van der Waals surface area contributed by atoms with E-state index < -0.39 is 5.60 Å². The summed E-state index contributed by atoms with van der Waals surface area (Å²) in [6, 6.07) is 24.8. The van der Waals surface area contributed by atoms with Crippen LogP contribution in [-0.2, 0) is 10.3 Å². The summed E-state index contributed by atoms with van der Waals surface area (Å²) in [6.07, 6.45) is 3.63. The van der Waals surface area contributed by atoms with Crippen LogP contribution in [0.1, 0.15) is 23.6 Å². The van der Waals surface area contributed by atoms with Gasteiger partial charge < -0.3 is 4.74 Å². The monoisotopic (exact) mass is 289 g/mol. The highest BCUT2D eigenvalue weighted by atomic mass is 16.5. The number of aromatic nitrogens is 1. The van der Waals surface area contributed by atoms with Crippen LogP contribution in [0.4, 0.5) is 0 Å². The summed E-state index contributed by atoms with van der Waals surface area (Å²) < 4.78 is 6.36. The lowest BCUT2D eigenvalue weighted by Crippen LogP contribution is -2.32. The number of hydrogen-bond donors (Lipinski definition) is 0. The molecule has 0 N–H and O–H groups in total. The number of nitrogens with zero attached hydrogens (tertiary/aromatic N) is 1. The third-order valence-electron chi connectivity index (χ3n) is 3.81. The summed E-state index contributed by atoms with van der Waals surface area (Å²) in [5.41, 5.74) is 2.71. The molecule has 0 aliphatic heterocycles. The van der Waals surface area contributed by atoms with Crippen molar-refractivity contribution in [1.29, 1.82) is 0 Å². The van der Waals surface area contributed by atoms with Gasteiger partial charge in [0.25, 0.3) is 0 Å². The van der Waals surface area contributed by atoms with Crippen molar-refractivity contribution in [2.24, 2.45) is 0 Å². The third-order valence-corrected chi connectivity index (χ3v) is 3.81. The van der Waals surface area contributed by atoms with Gasteiger partial charge in [-0.3, -0.25) is 4.98 Å². The number of hydrogen-bond acceptors (Lipinski definition) is 2. The summed E-state index contributed by atoms with van der Waals surface area (Å²) in [5.74, 6) is 0. The van der Waals surface area contributed by atoms with E-state index in [2.05, 4.69) is 29.2 Å². The van der Waals surface area contributed by atoms with E-state index in [-0.39, 0.29) is 0 Å². The molecule has 110 valence electrons. The van der Waals surface area contributed by atoms with E-state index in [0.717, 1.165) is 16.7 Å². The fraction of sp³-hybridized carbons (Fsp3) is 0.150. The normalized spacial score (nSPS) is 11.3. The van der Waals surface area contributed by atoms with Gasteiger partial charge in [0.1, 0.15) is 5.60 Å². The van der Waals surface area contributed by atoms with Crippen LogP contribution in [0.15, 0.2) is 85.2 Å². The Morgan fingerprint density at radius 3 is 1.64 bits per heavy atom. The van der Waals surface area contributed by atoms with Crippen LogP contribution in [0.2, 0.25) is 0 Å². The second-order valence-corrected chi connectivity index (χ2v) is 5.08. The molecule has 0 fully saturated rings. The van der Waals surface area contributed by atoms with Crippen molar-refractivity contribution in [2.45, 2.75) is 12.5 Å². The first-order valence-electron chi connectivity index (χ1n) is 7.53. The fourth-order valence-electron chi connectivity index (χ4n) is 2.90. The Kier molecular flexibility index (Phi) is 4.31. The molecule has 1 heterocycles. The van der Waals surface area contributed by atoms with Crippen molar-refractivity contribution in [3.63, 3.8) is 0 Å². The third kappa shape index (κ3) is 2.53. The minimum atomic E-state index is -0.611. The van der Waals surface area contributed by atoms with Crippen LogP contribution >= 0.6 is 0 Å². The van der Waals surface area contributed by atoms with Crippen molar-refractivity contribution >= 4 is 0 Å². The van der Waals surface area contributed by atoms with Gasteiger partial charge in [-0.05, 0) is 35.7 Å². The van der Waals surface area contributed by atoms with Crippen molar-refractivity contribution < 1.29 is 4.74 Å². The number of pyridine rings is 1. The van der Waals surface area contributed by atoms with Gasteiger partial charge in [0.15, 0.2) is 0 Å². The molecule has 0 unspecified atom stereocenters. The van der Waals surface area contributed by atoms with E-state index >= 15 is 0 Å². The summed E-state index contributed by atoms with van der Waals surface area (Å²) in [7, 11) is 0. The lowest BCUT2D eigenvalue weighted by atomic mass is 9.80. The van der Waals surface area contributed by atoms with Gasteiger partial charge >= 0.3 is 0 Å². The van der Waals surface area contributed by atoms with Gasteiger partial charge in [0.05, 0.1) is 0 Å². The molecule has 1 aromatic heterocycles. The van der Waals surface area contributed by atoms with E-state index in [1.54, 1.807) is 0 Å². The predicted octanol–water partition coefficient (Wildman–Crippen LogP) is 4.41. The largest absolute Gasteiger partial charge is 0.361 e. The molecule has 0 saturated heterocycles. The minimum absolute atomic E-state index is 0.611. The average molecular weight is 289 g/mol. The van der Waals surface area contributed by atoms with Gasteiger partial charge in [0, 0.05) is 19.0 Å². The average Bonchev–Trinajstić information content (AvgIpc) is 2.62. The Hall–Kier alpha value is -2.45. The SMILES string of the molecule is CCOC(c1ccccc1)(c1ccccc1)c1ccncc1. The summed E-state index contributed by atoms with van der Waals surface area (Å²) in [4.78, 5) is 4.15. The number of rotatable bonds is 5. The van der Waals surface area contributed by atoms with E-state index in [1.807, 2.05) is 67.8 Å². The zero-order chi connectivity index (χ0) is 15.3. The Morgan fingerprint density at radius 1 is 0.727 bits per heavy atom. The Morgan fingerprint density at radius 2 is 1.18 bits per heavy atom. The van der Waals surface area contributed by atoms with Crippen molar-refractivity contribution in [3.05, 3.63) is 102 Å². The molecule has 0 amide bonds. The molecule has 2 nitrogen and oxygen atoms in total. The first kappa shape index (κ1) is 14.5. The van der Waals surface area contributed by atoms with E-state index in [9.17, 15) is 0 Å². The zero-order valence-corrected chi connectivity index (χ0v) is 12.6. The van der Waals surface area contributed by atoms with Crippen LogP contribution in [0.5, 0.6) is 0 Å².